The second-order valence-corrected chi connectivity index (χ2v) is 5.83. The van der Waals surface area contributed by atoms with Crippen molar-refractivity contribution in [2.45, 2.75) is 38.0 Å². The van der Waals surface area contributed by atoms with Crippen LogP contribution in [0.1, 0.15) is 26.7 Å². The van der Waals surface area contributed by atoms with E-state index in [9.17, 15) is 9.18 Å². The summed E-state index contributed by atoms with van der Waals surface area (Å²) in [6, 6.07) is 6.32. The van der Waals surface area contributed by atoms with Gasteiger partial charge < -0.3 is 9.73 Å². The largest absolute Gasteiger partial charge is 0.411 e. The molecule has 118 valence electrons. The Bertz CT molecular complexity index is 633. The lowest BCUT2D eigenvalue weighted by atomic mass is 10.2. The Morgan fingerprint density at radius 3 is 2.91 bits per heavy atom. The molecule has 0 unspecified atom stereocenters. The highest BCUT2D eigenvalue weighted by Crippen LogP contribution is 2.24. The van der Waals surface area contributed by atoms with E-state index in [1.165, 1.54) is 6.07 Å². The van der Waals surface area contributed by atoms with Crippen LogP contribution in [0.5, 0.6) is 0 Å². The fourth-order valence-electron chi connectivity index (χ4n) is 1.96. The first-order chi connectivity index (χ1) is 10.6. The van der Waals surface area contributed by atoms with E-state index in [1.54, 1.807) is 18.2 Å². The Kier molecular flexibility index (Phi) is 5.94. The lowest BCUT2D eigenvalue weighted by molar-refractivity contribution is -0.119. The molecule has 1 N–H and O–H groups in total. The van der Waals surface area contributed by atoms with Crippen molar-refractivity contribution in [1.82, 2.24) is 15.5 Å². The van der Waals surface area contributed by atoms with Gasteiger partial charge in [-0.25, -0.2) is 4.39 Å². The van der Waals surface area contributed by atoms with Crippen molar-refractivity contribution in [2.75, 3.05) is 5.75 Å². The van der Waals surface area contributed by atoms with E-state index in [2.05, 4.69) is 22.4 Å². The van der Waals surface area contributed by atoms with E-state index in [-0.39, 0.29) is 34.4 Å². The number of carbonyl (C=O) groups is 1. The Morgan fingerprint density at radius 1 is 1.41 bits per heavy atom. The van der Waals surface area contributed by atoms with Crippen molar-refractivity contribution in [3.05, 3.63) is 30.1 Å². The minimum atomic E-state index is -0.422. The summed E-state index contributed by atoms with van der Waals surface area (Å²) >= 11 is 1.14. The molecule has 0 aliphatic rings. The molecule has 0 saturated carbocycles. The van der Waals surface area contributed by atoms with Crippen LogP contribution >= 0.6 is 11.8 Å². The number of nitrogens with one attached hydrogen (secondary N) is 1. The van der Waals surface area contributed by atoms with Crippen molar-refractivity contribution in [3.63, 3.8) is 0 Å². The van der Waals surface area contributed by atoms with Crippen LogP contribution in [0.2, 0.25) is 0 Å². The fraction of sp³-hybridized carbons (Fsp3) is 0.400. The number of carbonyl (C=O) groups excluding carboxylic acids is 1. The van der Waals surface area contributed by atoms with E-state index >= 15 is 0 Å². The average Bonchev–Trinajstić information content (AvgIpc) is 2.94. The molecule has 5 nitrogen and oxygen atoms in total. The van der Waals surface area contributed by atoms with E-state index in [0.29, 0.717) is 0 Å². The Morgan fingerprint density at radius 2 is 2.18 bits per heavy atom. The van der Waals surface area contributed by atoms with Gasteiger partial charge in [0, 0.05) is 6.04 Å². The number of nitrogens with zero attached hydrogens (tertiary/aromatic N) is 2. The average molecular weight is 323 g/mol. The van der Waals surface area contributed by atoms with Gasteiger partial charge in [-0.1, -0.05) is 37.2 Å². The van der Waals surface area contributed by atoms with Crippen LogP contribution in [0.3, 0.4) is 0 Å². The Labute approximate surface area is 132 Å². The number of hydrogen-bond donors (Lipinski definition) is 1. The summed E-state index contributed by atoms with van der Waals surface area (Å²) in [5, 5.41) is 10.8. The first-order valence-corrected chi connectivity index (χ1v) is 8.09. The first kappa shape index (κ1) is 16.5. The van der Waals surface area contributed by atoms with Gasteiger partial charge in [0.05, 0.1) is 11.3 Å². The van der Waals surface area contributed by atoms with Crippen LogP contribution in [0, 0.1) is 5.82 Å². The molecule has 2 aromatic rings. The third-order valence-corrected chi connectivity index (χ3v) is 3.78. The minimum Gasteiger partial charge on any atom is -0.411 e. The van der Waals surface area contributed by atoms with E-state index in [4.69, 9.17) is 4.42 Å². The highest BCUT2D eigenvalue weighted by Gasteiger charge is 2.14. The van der Waals surface area contributed by atoms with Gasteiger partial charge in [0.25, 0.3) is 11.1 Å². The highest BCUT2D eigenvalue weighted by atomic mass is 32.2. The van der Waals surface area contributed by atoms with E-state index < -0.39 is 5.82 Å². The standard InChI is InChI=1S/C15H18FN3O2S/c1-3-6-10(2)17-13(20)9-22-15-19-18-14(21-15)11-7-4-5-8-12(11)16/h4-5,7-8,10H,3,6,9H2,1-2H3,(H,17,20)/t10-/m1/s1. The lowest BCUT2D eigenvalue weighted by Gasteiger charge is -2.11. The molecular formula is C15H18FN3O2S. The Hall–Kier alpha value is -1.89. The maximum atomic E-state index is 13.6. The maximum Gasteiger partial charge on any atom is 0.277 e. The van der Waals surface area contributed by atoms with Crippen LogP contribution in [-0.4, -0.2) is 27.9 Å². The molecule has 7 heteroatoms. The molecule has 0 aliphatic carbocycles. The molecule has 0 fully saturated rings. The summed E-state index contributed by atoms with van der Waals surface area (Å²) in [4.78, 5) is 11.8. The van der Waals surface area contributed by atoms with Gasteiger partial charge >= 0.3 is 0 Å². The van der Waals surface area contributed by atoms with Crippen molar-refractivity contribution in [2.24, 2.45) is 0 Å². The molecule has 1 atom stereocenters. The molecule has 0 radical (unpaired) electrons. The lowest BCUT2D eigenvalue weighted by Crippen LogP contribution is -2.33. The number of rotatable bonds is 7. The Balaban J connectivity index is 1.90. The molecular weight excluding hydrogens is 305 g/mol. The van der Waals surface area contributed by atoms with Crippen LogP contribution in [-0.2, 0) is 4.79 Å². The normalized spacial score (nSPS) is 12.1. The summed E-state index contributed by atoms with van der Waals surface area (Å²) in [7, 11) is 0. The monoisotopic (exact) mass is 323 g/mol. The van der Waals surface area contributed by atoms with E-state index in [1.807, 2.05) is 6.92 Å². The van der Waals surface area contributed by atoms with E-state index in [0.717, 1.165) is 24.6 Å². The molecule has 22 heavy (non-hydrogen) atoms. The third kappa shape index (κ3) is 4.56. The van der Waals surface area contributed by atoms with Gasteiger partial charge in [-0.3, -0.25) is 4.79 Å². The topological polar surface area (TPSA) is 68.0 Å². The summed E-state index contributed by atoms with van der Waals surface area (Å²) in [6.07, 6.45) is 1.96. The van der Waals surface area contributed by atoms with Crippen LogP contribution in [0.4, 0.5) is 4.39 Å². The quantitative estimate of drug-likeness (QED) is 0.792. The predicted molar refractivity (Wildman–Crippen MR) is 82.9 cm³/mol. The fourth-order valence-corrected chi connectivity index (χ4v) is 2.53. The summed E-state index contributed by atoms with van der Waals surface area (Å²) in [5.41, 5.74) is 0.253. The van der Waals surface area contributed by atoms with Crippen molar-refractivity contribution < 1.29 is 13.6 Å². The summed E-state index contributed by atoms with van der Waals surface area (Å²) in [5.74, 6) is -0.210. The maximum absolute atomic E-state index is 13.6. The first-order valence-electron chi connectivity index (χ1n) is 7.10. The van der Waals surface area contributed by atoms with Gasteiger partial charge in [-0.2, -0.15) is 0 Å². The molecule has 2 rings (SSSR count). The third-order valence-electron chi connectivity index (χ3n) is 2.97. The number of hydrogen-bond acceptors (Lipinski definition) is 5. The second-order valence-electron chi connectivity index (χ2n) is 4.90. The number of benzene rings is 1. The van der Waals surface area contributed by atoms with Gasteiger partial charge in [-0.15, -0.1) is 10.2 Å². The highest BCUT2D eigenvalue weighted by molar-refractivity contribution is 7.99. The zero-order valence-electron chi connectivity index (χ0n) is 12.5. The number of aromatic nitrogens is 2. The van der Waals surface area contributed by atoms with Gasteiger partial charge in [0.2, 0.25) is 5.91 Å². The number of halogens is 1. The zero-order valence-corrected chi connectivity index (χ0v) is 13.3. The van der Waals surface area contributed by atoms with Crippen LogP contribution < -0.4 is 5.32 Å². The van der Waals surface area contributed by atoms with Crippen molar-refractivity contribution in [3.8, 4) is 11.5 Å². The number of thioether (sulfide) groups is 1. The van der Waals surface area contributed by atoms with Crippen LogP contribution in [0.25, 0.3) is 11.5 Å². The molecule has 1 aromatic carbocycles. The zero-order chi connectivity index (χ0) is 15.9. The smallest absolute Gasteiger partial charge is 0.277 e. The molecule has 0 saturated heterocycles. The van der Waals surface area contributed by atoms with Gasteiger partial charge in [-0.05, 0) is 25.5 Å². The van der Waals surface area contributed by atoms with Crippen molar-refractivity contribution >= 4 is 17.7 Å². The van der Waals surface area contributed by atoms with Crippen LogP contribution in [0.15, 0.2) is 33.9 Å². The van der Waals surface area contributed by atoms with Crippen molar-refractivity contribution in [1.29, 1.82) is 0 Å². The molecule has 1 amide bonds. The molecule has 1 aromatic heterocycles. The molecule has 0 aliphatic heterocycles. The molecule has 0 bridgehead atoms. The minimum absolute atomic E-state index is 0.0865. The summed E-state index contributed by atoms with van der Waals surface area (Å²) in [6.45, 7) is 4.04. The molecule has 0 spiro atoms. The predicted octanol–water partition coefficient (Wildman–Crippen LogP) is 3.27. The SMILES string of the molecule is CCC[C@@H](C)NC(=O)CSc1nnc(-c2ccccc2F)o1. The van der Waals surface area contributed by atoms with Gasteiger partial charge in [0.15, 0.2) is 0 Å². The van der Waals surface area contributed by atoms with Gasteiger partial charge in [0.1, 0.15) is 5.82 Å². The summed E-state index contributed by atoms with van der Waals surface area (Å²) < 4.78 is 19.0. The number of amides is 1. The molecule has 1 heterocycles. The second kappa shape index (κ2) is 7.93.